The molecule has 0 bridgehead atoms. The Balaban J connectivity index is 1.41. The van der Waals surface area contributed by atoms with Crippen LogP contribution in [0.25, 0.3) is 0 Å². The van der Waals surface area contributed by atoms with E-state index in [9.17, 15) is 4.79 Å². The highest BCUT2D eigenvalue weighted by atomic mass is 32.2. The molecule has 0 aliphatic carbocycles. The lowest BCUT2D eigenvalue weighted by Crippen LogP contribution is -2.48. The fourth-order valence-corrected chi connectivity index (χ4v) is 4.61. The summed E-state index contributed by atoms with van der Waals surface area (Å²) in [6.07, 6.45) is 3.24. The first-order valence-corrected chi connectivity index (χ1v) is 10.0. The zero-order chi connectivity index (χ0) is 16.9. The largest absolute Gasteiger partial charge is 0.334 e. The van der Waals surface area contributed by atoms with Gasteiger partial charge >= 0.3 is 6.03 Å². The van der Waals surface area contributed by atoms with Crippen LogP contribution in [0.15, 0.2) is 29.2 Å². The summed E-state index contributed by atoms with van der Waals surface area (Å²) in [7, 11) is 0. The highest BCUT2D eigenvalue weighted by Gasteiger charge is 2.27. The Kier molecular flexibility index (Phi) is 6.06. The molecule has 2 fully saturated rings. The normalized spacial score (nSPS) is 22.8. The number of benzene rings is 1. The van der Waals surface area contributed by atoms with Crippen LogP contribution >= 0.6 is 11.8 Å². The molecule has 0 saturated carbocycles. The molecule has 132 valence electrons. The second kappa shape index (κ2) is 8.26. The molecule has 1 aromatic carbocycles. The SMILES string of the molecule is CCN1CC[C@H](NC(=O)N2CCC(Sc3ccc(C)cc3)CC2)C1. The summed E-state index contributed by atoms with van der Waals surface area (Å²) in [5.41, 5.74) is 1.30. The summed E-state index contributed by atoms with van der Waals surface area (Å²) < 4.78 is 0. The Labute approximate surface area is 150 Å². The fraction of sp³-hybridized carbons (Fsp3) is 0.632. The molecular formula is C19H29N3OS. The van der Waals surface area contributed by atoms with E-state index in [1.54, 1.807) is 0 Å². The molecule has 2 heterocycles. The minimum atomic E-state index is 0.136. The third kappa shape index (κ3) is 4.67. The van der Waals surface area contributed by atoms with E-state index < -0.39 is 0 Å². The van der Waals surface area contributed by atoms with Crippen molar-refractivity contribution in [1.29, 1.82) is 0 Å². The number of nitrogens with zero attached hydrogens (tertiary/aromatic N) is 2. The average Bonchev–Trinajstić information content (AvgIpc) is 3.05. The number of piperidine rings is 1. The third-order valence-corrected chi connectivity index (χ3v) is 6.45. The number of aryl methyl sites for hydroxylation is 1. The number of nitrogens with one attached hydrogen (secondary N) is 1. The Hall–Kier alpha value is -1.20. The number of carbonyl (C=O) groups excluding carboxylic acids is 1. The van der Waals surface area contributed by atoms with Crippen LogP contribution in [0.3, 0.4) is 0 Å². The monoisotopic (exact) mass is 347 g/mol. The van der Waals surface area contributed by atoms with E-state index in [2.05, 4.69) is 48.3 Å². The third-order valence-electron chi connectivity index (χ3n) is 5.10. The van der Waals surface area contributed by atoms with Gasteiger partial charge < -0.3 is 15.1 Å². The number of urea groups is 1. The molecule has 0 spiro atoms. The van der Waals surface area contributed by atoms with Crippen molar-refractivity contribution in [3.8, 4) is 0 Å². The number of hydrogen-bond donors (Lipinski definition) is 1. The second-order valence-electron chi connectivity index (χ2n) is 6.95. The first-order valence-electron chi connectivity index (χ1n) is 9.15. The van der Waals surface area contributed by atoms with Crippen molar-refractivity contribution >= 4 is 17.8 Å². The molecule has 2 aliphatic heterocycles. The van der Waals surface area contributed by atoms with E-state index in [-0.39, 0.29) is 6.03 Å². The zero-order valence-electron chi connectivity index (χ0n) is 14.8. The van der Waals surface area contributed by atoms with Gasteiger partial charge in [0, 0.05) is 42.4 Å². The van der Waals surface area contributed by atoms with Crippen molar-refractivity contribution in [2.45, 2.75) is 49.3 Å². The van der Waals surface area contributed by atoms with Gasteiger partial charge in [-0.1, -0.05) is 24.6 Å². The molecule has 0 radical (unpaired) electrons. The van der Waals surface area contributed by atoms with Crippen LogP contribution in [-0.4, -0.2) is 59.8 Å². The molecule has 1 N–H and O–H groups in total. The van der Waals surface area contributed by atoms with Gasteiger partial charge in [-0.15, -0.1) is 11.8 Å². The van der Waals surface area contributed by atoms with E-state index >= 15 is 0 Å². The summed E-state index contributed by atoms with van der Waals surface area (Å²) in [6, 6.07) is 9.23. The lowest BCUT2D eigenvalue weighted by Gasteiger charge is -2.32. The summed E-state index contributed by atoms with van der Waals surface area (Å²) in [5.74, 6) is 0. The minimum absolute atomic E-state index is 0.136. The summed E-state index contributed by atoms with van der Waals surface area (Å²) in [6.45, 7) is 9.24. The molecule has 5 heteroatoms. The Bertz CT molecular complexity index is 540. The molecule has 2 aliphatic rings. The van der Waals surface area contributed by atoms with Crippen molar-refractivity contribution in [3.63, 3.8) is 0 Å². The first-order chi connectivity index (χ1) is 11.6. The van der Waals surface area contributed by atoms with E-state index in [1.165, 1.54) is 10.5 Å². The van der Waals surface area contributed by atoms with Crippen molar-refractivity contribution in [3.05, 3.63) is 29.8 Å². The Morgan fingerprint density at radius 2 is 1.88 bits per heavy atom. The maximum absolute atomic E-state index is 12.4. The van der Waals surface area contributed by atoms with Crippen LogP contribution in [0.5, 0.6) is 0 Å². The zero-order valence-corrected chi connectivity index (χ0v) is 15.6. The number of rotatable bonds is 4. The van der Waals surface area contributed by atoms with Crippen molar-refractivity contribution in [2.75, 3.05) is 32.7 Å². The van der Waals surface area contributed by atoms with Crippen LogP contribution in [0.1, 0.15) is 31.7 Å². The molecule has 3 rings (SSSR count). The van der Waals surface area contributed by atoms with E-state index in [0.717, 1.165) is 52.0 Å². The molecule has 2 saturated heterocycles. The lowest BCUT2D eigenvalue weighted by atomic mass is 10.1. The first kappa shape index (κ1) is 17.6. The molecule has 1 aromatic rings. The lowest BCUT2D eigenvalue weighted by molar-refractivity contribution is 0.183. The van der Waals surface area contributed by atoms with E-state index in [4.69, 9.17) is 0 Å². The summed E-state index contributed by atoms with van der Waals surface area (Å²) in [4.78, 5) is 18.2. The van der Waals surface area contributed by atoms with Crippen LogP contribution < -0.4 is 5.32 Å². The number of amides is 2. The maximum atomic E-state index is 12.4. The Morgan fingerprint density at radius 3 is 2.50 bits per heavy atom. The van der Waals surface area contributed by atoms with Gasteiger partial charge in [0.1, 0.15) is 0 Å². The van der Waals surface area contributed by atoms with Gasteiger partial charge in [-0.3, -0.25) is 0 Å². The molecule has 0 unspecified atom stereocenters. The quantitative estimate of drug-likeness (QED) is 0.907. The maximum Gasteiger partial charge on any atom is 0.317 e. The molecule has 1 atom stereocenters. The average molecular weight is 348 g/mol. The fourth-order valence-electron chi connectivity index (χ4n) is 3.49. The number of likely N-dealkylation sites (N-methyl/N-ethyl adjacent to an activating group) is 1. The van der Waals surface area contributed by atoms with E-state index in [0.29, 0.717) is 11.3 Å². The van der Waals surface area contributed by atoms with Crippen LogP contribution in [0.4, 0.5) is 4.79 Å². The minimum Gasteiger partial charge on any atom is -0.334 e. The molecule has 0 aromatic heterocycles. The van der Waals surface area contributed by atoms with Crippen LogP contribution in [0.2, 0.25) is 0 Å². The van der Waals surface area contributed by atoms with Gasteiger partial charge in [-0.05, 0) is 44.9 Å². The number of hydrogen-bond acceptors (Lipinski definition) is 3. The van der Waals surface area contributed by atoms with Gasteiger partial charge in [0.15, 0.2) is 0 Å². The molecule has 4 nitrogen and oxygen atoms in total. The van der Waals surface area contributed by atoms with Crippen LogP contribution in [0, 0.1) is 6.92 Å². The second-order valence-corrected chi connectivity index (χ2v) is 8.32. The van der Waals surface area contributed by atoms with Crippen molar-refractivity contribution in [1.82, 2.24) is 15.1 Å². The molecule has 2 amide bonds. The van der Waals surface area contributed by atoms with Crippen LogP contribution in [-0.2, 0) is 0 Å². The molecule has 24 heavy (non-hydrogen) atoms. The van der Waals surface area contributed by atoms with Gasteiger partial charge in [0.2, 0.25) is 0 Å². The van der Waals surface area contributed by atoms with Gasteiger partial charge in [-0.2, -0.15) is 0 Å². The highest BCUT2D eigenvalue weighted by molar-refractivity contribution is 8.00. The predicted octanol–water partition coefficient (Wildman–Crippen LogP) is 3.36. The smallest absolute Gasteiger partial charge is 0.317 e. The predicted molar refractivity (Wildman–Crippen MR) is 101 cm³/mol. The van der Waals surface area contributed by atoms with Gasteiger partial charge in [-0.25, -0.2) is 4.79 Å². The van der Waals surface area contributed by atoms with Crippen molar-refractivity contribution < 1.29 is 4.79 Å². The number of likely N-dealkylation sites (tertiary alicyclic amines) is 2. The number of carbonyl (C=O) groups is 1. The number of thioether (sulfide) groups is 1. The Morgan fingerprint density at radius 1 is 1.17 bits per heavy atom. The van der Waals surface area contributed by atoms with Crippen molar-refractivity contribution in [2.24, 2.45) is 0 Å². The van der Waals surface area contributed by atoms with Gasteiger partial charge in [0.05, 0.1) is 0 Å². The standard InChI is InChI=1S/C19H29N3OS/c1-3-21-11-8-16(14-21)20-19(23)22-12-9-18(10-13-22)24-17-6-4-15(2)5-7-17/h4-7,16,18H,3,8-14H2,1-2H3,(H,20,23)/t16-/m0/s1. The topological polar surface area (TPSA) is 35.6 Å². The molecular weight excluding hydrogens is 318 g/mol. The van der Waals surface area contributed by atoms with Gasteiger partial charge in [0.25, 0.3) is 0 Å². The summed E-state index contributed by atoms with van der Waals surface area (Å²) in [5, 5.41) is 3.85. The highest BCUT2D eigenvalue weighted by Crippen LogP contribution is 2.30. The summed E-state index contributed by atoms with van der Waals surface area (Å²) >= 11 is 1.96. The van der Waals surface area contributed by atoms with E-state index in [1.807, 2.05) is 16.7 Å².